The standard InChI is InChI=1S/C11H14O.C9H18O2/c1-2-3-4-7-12-11-8-9-5-6-10(9)11;1-2-3-4-5-9-8-10-6-7-11-9/h5-6,8H,2-4,7H2,1H3;9H,2-8H2,1H3. The molecule has 3 nitrogen and oxygen atoms in total. The van der Waals surface area contributed by atoms with Gasteiger partial charge in [-0.3, -0.25) is 0 Å². The first-order chi connectivity index (χ1) is 11.3. The fourth-order valence-electron chi connectivity index (χ4n) is 2.73. The Morgan fingerprint density at radius 3 is 2.43 bits per heavy atom. The predicted molar refractivity (Wildman–Crippen MR) is 93.8 cm³/mol. The summed E-state index contributed by atoms with van der Waals surface area (Å²) < 4.78 is 16.4. The zero-order chi connectivity index (χ0) is 16.3. The van der Waals surface area contributed by atoms with Gasteiger partial charge in [0, 0.05) is 5.22 Å². The molecule has 1 heterocycles. The Morgan fingerprint density at radius 1 is 1.04 bits per heavy atom. The molecule has 1 atom stereocenters. The van der Waals surface area contributed by atoms with E-state index in [0.717, 1.165) is 32.2 Å². The van der Waals surface area contributed by atoms with Crippen LogP contribution in [0.25, 0.3) is 0 Å². The maximum atomic E-state index is 5.57. The quantitative estimate of drug-likeness (QED) is 0.619. The number of ether oxygens (including phenoxy) is 3. The summed E-state index contributed by atoms with van der Waals surface area (Å²) in [6.45, 7) is 7.69. The molecule has 3 rings (SSSR count). The van der Waals surface area contributed by atoms with Crippen molar-refractivity contribution in [2.45, 2.75) is 64.9 Å². The Hall–Kier alpha value is -1.06. The molecule has 0 amide bonds. The van der Waals surface area contributed by atoms with E-state index in [1.807, 2.05) is 0 Å². The van der Waals surface area contributed by atoms with E-state index < -0.39 is 0 Å². The van der Waals surface area contributed by atoms with Gasteiger partial charge in [0.25, 0.3) is 0 Å². The van der Waals surface area contributed by atoms with Crippen molar-refractivity contribution in [3.63, 3.8) is 0 Å². The number of benzene rings is 1. The summed E-state index contributed by atoms with van der Waals surface area (Å²) >= 11 is 0. The number of hydrogen-bond acceptors (Lipinski definition) is 3. The van der Waals surface area contributed by atoms with Crippen LogP contribution in [0.3, 0.4) is 0 Å². The largest absolute Gasteiger partial charge is 0.493 e. The molecule has 1 aliphatic heterocycles. The highest BCUT2D eigenvalue weighted by Crippen LogP contribution is 2.23. The van der Waals surface area contributed by atoms with Crippen molar-refractivity contribution < 1.29 is 14.2 Å². The Labute approximate surface area is 140 Å². The average molecular weight is 320 g/mol. The van der Waals surface area contributed by atoms with Crippen LogP contribution in [-0.2, 0) is 9.47 Å². The third-order valence-electron chi connectivity index (χ3n) is 4.31. The molecule has 1 saturated heterocycles. The summed E-state index contributed by atoms with van der Waals surface area (Å²) in [5, 5.41) is 2.69. The van der Waals surface area contributed by atoms with Crippen LogP contribution in [-0.4, -0.2) is 32.5 Å². The van der Waals surface area contributed by atoms with E-state index in [-0.39, 0.29) is 0 Å². The van der Waals surface area contributed by atoms with E-state index in [2.05, 4.69) is 32.0 Å². The molecule has 23 heavy (non-hydrogen) atoms. The van der Waals surface area contributed by atoms with Crippen LogP contribution in [0.4, 0.5) is 0 Å². The zero-order valence-electron chi connectivity index (χ0n) is 14.8. The van der Waals surface area contributed by atoms with Gasteiger partial charge in [-0.1, -0.05) is 58.1 Å². The molecule has 3 aliphatic rings. The van der Waals surface area contributed by atoms with Gasteiger partial charge in [-0.05, 0) is 24.1 Å². The van der Waals surface area contributed by atoms with Crippen molar-refractivity contribution in [3.05, 3.63) is 28.6 Å². The fourth-order valence-corrected chi connectivity index (χ4v) is 2.73. The lowest BCUT2D eigenvalue weighted by Crippen LogP contribution is -2.28. The predicted octanol–water partition coefficient (Wildman–Crippen LogP) is 4.84. The fraction of sp³-hybridized carbons (Fsp3) is 0.700. The van der Waals surface area contributed by atoms with Gasteiger partial charge in [0.1, 0.15) is 5.75 Å². The van der Waals surface area contributed by atoms with Gasteiger partial charge in [-0.2, -0.15) is 0 Å². The van der Waals surface area contributed by atoms with Gasteiger partial charge in [-0.25, -0.2) is 0 Å². The Kier molecular flexibility index (Phi) is 8.48. The first kappa shape index (κ1) is 18.3. The highest BCUT2D eigenvalue weighted by molar-refractivity contribution is 5.38. The Morgan fingerprint density at radius 2 is 1.87 bits per heavy atom. The minimum Gasteiger partial charge on any atom is -0.493 e. The number of unbranched alkanes of at least 4 members (excludes halogenated alkanes) is 4. The van der Waals surface area contributed by atoms with E-state index in [1.165, 1.54) is 55.4 Å². The second-order valence-electron chi connectivity index (χ2n) is 6.33. The summed E-state index contributed by atoms with van der Waals surface area (Å²) in [5.41, 5.74) is 0. The minimum absolute atomic E-state index is 0.385. The normalized spacial score (nSPS) is 18.1. The molecule has 0 bridgehead atoms. The van der Waals surface area contributed by atoms with E-state index in [9.17, 15) is 0 Å². The summed E-state index contributed by atoms with van der Waals surface area (Å²) in [7, 11) is 0. The molecular formula is C20H32O3. The smallest absolute Gasteiger partial charge is 0.127 e. The Bertz CT molecular complexity index is 520. The summed E-state index contributed by atoms with van der Waals surface area (Å²) in [4.78, 5) is 0. The van der Waals surface area contributed by atoms with E-state index in [1.54, 1.807) is 0 Å². The third-order valence-corrected chi connectivity index (χ3v) is 4.31. The lowest BCUT2D eigenvalue weighted by molar-refractivity contribution is -0.0912. The number of rotatable bonds is 9. The van der Waals surface area contributed by atoms with Crippen molar-refractivity contribution in [1.29, 1.82) is 0 Å². The van der Waals surface area contributed by atoms with Gasteiger partial charge in [-0.15, -0.1) is 0 Å². The van der Waals surface area contributed by atoms with Gasteiger partial charge in [0.05, 0.1) is 32.5 Å². The van der Waals surface area contributed by atoms with E-state index >= 15 is 0 Å². The van der Waals surface area contributed by atoms with E-state index in [4.69, 9.17) is 14.2 Å². The molecule has 0 radical (unpaired) electrons. The van der Waals surface area contributed by atoms with Crippen LogP contribution in [0, 0.1) is 10.4 Å². The maximum absolute atomic E-state index is 5.57. The highest BCUT2D eigenvalue weighted by atomic mass is 16.6. The molecule has 0 N–H and O–H groups in total. The molecular weight excluding hydrogens is 288 g/mol. The topological polar surface area (TPSA) is 27.7 Å². The average Bonchev–Trinajstić information content (AvgIpc) is 2.57. The van der Waals surface area contributed by atoms with Crippen molar-refractivity contribution in [3.8, 4) is 5.75 Å². The summed E-state index contributed by atoms with van der Waals surface area (Å²) in [5.74, 6) is 1.10. The molecule has 130 valence electrons. The highest BCUT2D eigenvalue weighted by Gasteiger charge is 2.12. The molecule has 3 heteroatoms. The molecule has 1 fully saturated rings. The van der Waals surface area contributed by atoms with Crippen LogP contribution in [0.2, 0.25) is 0 Å². The molecule has 0 aromatic rings. The van der Waals surface area contributed by atoms with Crippen molar-refractivity contribution >= 4 is 0 Å². The lowest BCUT2D eigenvalue weighted by Gasteiger charge is -2.22. The second kappa shape index (κ2) is 10.7. The second-order valence-corrected chi connectivity index (χ2v) is 6.33. The van der Waals surface area contributed by atoms with Crippen molar-refractivity contribution in [2.75, 3.05) is 26.4 Å². The van der Waals surface area contributed by atoms with E-state index in [0.29, 0.717) is 6.10 Å². The molecule has 0 aromatic carbocycles. The molecule has 0 saturated carbocycles. The first-order valence-corrected chi connectivity index (χ1v) is 9.31. The first-order valence-electron chi connectivity index (χ1n) is 9.31. The monoisotopic (exact) mass is 320 g/mol. The van der Waals surface area contributed by atoms with Gasteiger partial charge in [0.15, 0.2) is 0 Å². The van der Waals surface area contributed by atoms with Crippen molar-refractivity contribution in [2.24, 2.45) is 0 Å². The van der Waals surface area contributed by atoms with Gasteiger partial charge < -0.3 is 14.2 Å². The van der Waals surface area contributed by atoms with Crippen LogP contribution in [0.5, 0.6) is 5.75 Å². The number of hydrogen-bond donors (Lipinski definition) is 0. The Balaban J connectivity index is 0.000000168. The van der Waals surface area contributed by atoms with Gasteiger partial charge in [0.2, 0.25) is 0 Å². The summed E-state index contributed by atoms with van der Waals surface area (Å²) in [6, 6.07) is 6.35. The van der Waals surface area contributed by atoms with Crippen LogP contribution < -0.4 is 4.74 Å². The molecule has 1 unspecified atom stereocenters. The minimum atomic E-state index is 0.385. The van der Waals surface area contributed by atoms with Crippen molar-refractivity contribution in [1.82, 2.24) is 0 Å². The molecule has 0 spiro atoms. The SMILES string of the molecule is CCCCCC1COCCO1.CCCCCOc1cc2ccc1=2. The molecule has 2 aliphatic carbocycles. The van der Waals surface area contributed by atoms with Crippen LogP contribution in [0.1, 0.15) is 58.8 Å². The van der Waals surface area contributed by atoms with Gasteiger partial charge >= 0.3 is 0 Å². The summed E-state index contributed by atoms with van der Waals surface area (Å²) in [6.07, 6.45) is 9.16. The lowest BCUT2D eigenvalue weighted by atomic mass is 10.1. The van der Waals surface area contributed by atoms with Crippen LogP contribution in [0.15, 0.2) is 18.2 Å². The zero-order valence-corrected chi connectivity index (χ0v) is 14.8. The maximum Gasteiger partial charge on any atom is 0.127 e. The molecule has 0 aromatic heterocycles. The van der Waals surface area contributed by atoms with Crippen LogP contribution >= 0.6 is 0 Å². The third kappa shape index (κ3) is 6.15.